The van der Waals surface area contributed by atoms with Gasteiger partial charge in [-0.1, -0.05) is 86.6 Å². The number of nitrogens with one attached hydrogen (secondary N) is 4. The fraction of sp³-hybridized carbons (Fsp3) is 0.312. The van der Waals surface area contributed by atoms with Crippen molar-refractivity contribution >= 4 is 28.7 Å². The molecule has 0 bridgehead atoms. The van der Waals surface area contributed by atoms with E-state index in [0.717, 1.165) is 28.3 Å². The summed E-state index contributed by atoms with van der Waals surface area (Å²) < 4.78 is 5.42. The second-order valence-electron chi connectivity index (χ2n) is 10.4. The number of alkyl carbamates (subject to hydrolysis) is 1. The fourth-order valence-electron chi connectivity index (χ4n) is 4.51. The van der Waals surface area contributed by atoms with Gasteiger partial charge in [0.1, 0.15) is 18.7 Å². The van der Waals surface area contributed by atoms with Crippen LogP contribution in [-0.2, 0) is 33.8 Å². The molecule has 4 rings (SSSR count). The zero-order valence-corrected chi connectivity index (χ0v) is 23.4. The van der Waals surface area contributed by atoms with Crippen LogP contribution in [0.25, 0.3) is 10.8 Å². The number of carbonyl (C=O) groups excluding carboxylic acids is 3. The third-order valence-corrected chi connectivity index (χ3v) is 6.76. The number of aromatic nitrogens is 2. The van der Waals surface area contributed by atoms with E-state index >= 15 is 0 Å². The third kappa shape index (κ3) is 8.93. The van der Waals surface area contributed by atoms with E-state index in [1.165, 1.54) is 6.33 Å². The number of amides is 3. The highest BCUT2D eigenvalue weighted by atomic mass is 16.5. The molecule has 3 amide bonds. The number of hydrogen-bond donors (Lipinski definition) is 4. The summed E-state index contributed by atoms with van der Waals surface area (Å²) in [5, 5.41) is 10.5. The molecule has 0 radical (unpaired) electrons. The SMILES string of the molecule is CC(C)CCNC(=O)C(Cc1cnc[nH]1)NC(=O)[C@@H](Cc1cccc2ccccc12)NC(=O)OCc1ccccc1. The molecule has 3 aromatic carbocycles. The Hall–Kier alpha value is -4.66. The molecule has 1 unspecified atom stereocenters. The summed E-state index contributed by atoms with van der Waals surface area (Å²) in [6.07, 6.45) is 3.67. The van der Waals surface area contributed by atoms with Gasteiger partial charge in [-0.15, -0.1) is 0 Å². The van der Waals surface area contributed by atoms with Crippen LogP contribution in [0.5, 0.6) is 0 Å². The van der Waals surface area contributed by atoms with E-state index in [-0.39, 0.29) is 25.4 Å². The molecule has 0 saturated carbocycles. The largest absolute Gasteiger partial charge is 0.445 e. The Kier molecular flexibility index (Phi) is 10.5. The number of imidazole rings is 1. The normalized spacial score (nSPS) is 12.5. The zero-order chi connectivity index (χ0) is 29.0. The maximum atomic E-state index is 13.7. The lowest BCUT2D eigenvalue weighted by Crippen LogP contribution is -2.55. The molecule has 0 aliphatic heterocycles. The smallest absolute Gasteiger partial charge is 0.408 e. The third-order valence-electron chi connectivity index (χ3n) is 6.76. The Balaban J connectivity index is 1.53. The molecular weight excluding hydrogens is 518 g/mol. The van der Waals surface area contributed by atoms with Crippen molar-refractivity contribution in [3.63, 3.8) is 0 Å². The molecule has 9 nitrogen and oxygen atoms in total. The van der Waals surface area contributed by atoms with E-state index in [9.17, 15) is 14.4 Å². The Morgan fingerprint density at radius 3 is 2.34 bits per heavy atom. The molecule has 1 aromatic heterocycles. The Bertz CT molecular complexity index is 1420. The van der Waals surface area contributed by atoms with Crippen LogP contribution in [0.4, 0.5) is 4.79 Å². The number of benzene rings is 3. The van der Waals surface area contributed by atoms with Crippen molar-refractivity contribution in [1.29, 1.82) is 0 Å². The van der Waals surface area contributed by atoms with Crippen LogP contribution in [0, 0.1) is 5.92 Å². The van der Waals surface area contributed by atoms with Gasteiger partial charge in [-0.25, -0.2) is 9.78 Å². The lowest BCUT2D eigenvalue weighted by molar-refractivity contribution is -0.130. The molecule has 9 heteroatoms. The van der Waals surface area contributed by atoms with E-state index in [1.54, 1.807) is 6.20 Å². The summed E-state index contributed by atoms with van der Waals surface area (Å²) >= 11 is 0. The van der Waals surface area contributed by atoms with Crippen LogP contribution < -0.4 is 16.0 Å². The highest BCUT2D eigenvalue weighted by Crippen LogP contribution is 2.20. The minimum atomic E-state index is -0.989. The summed E-state index contributed by atoms with van der Waals surface area (Å²) in [7, 11) is 0. The minimum Gasteiger partial charge on any atom is -0.445 e. The Morgan fingerprint density at radius 2 is 1.59 bits per heavy atom. The molecule has 2 atom stereocenters. The van der Waals surface area contributed by atoms with E-state index in [1.807, 2.05) is 72.8 Å². The number of hydrogen-bond acceptors (Lipinski definition) is 5. The molecule has 0 aliphatic rings. The van der Waals surface area contributed by atoms with Gasteiger partial charge in [-0.3, -0.25) is 9.59 Å². The number of aromatic amines is 1. The highest BCUT2D eigenvalue weighted by Gasteiger charge is 2.28. The number of nitrogens with zero attached hydrogens (tertiary/aromatic N) is 1. The lowest BCUT2D eigenvalue weighted by Gasteiger charge is -2.23. The molecule has 0 fully saturated rings. The molecule has 0 spiro atoms. The first-order valence-electron chi connectivity index (χ1n) is 13.9. The van der Waals surface area contributed by atoms with Crippen molar-refractivity contribution in [1.82, 2.24) is 25.9 Å². The number of ether oxygens (including phenoxy) is 1. The monoisotopic (exact) mass is 555 g/mol. The number of rotatable bonds is 13. The van der Waals surface area contributed by atoms with E-state index in [0.29, 0.717) is 18.2 Å². The van der Waals surface area contributed by atoms with Crippen LogP contribution in [0.3, 0.4) is 0 Å². The van der Waals surface area contributed by atoms with Crippen molar-refractivity contribution in [2.75, 3.05) is 6.54 Å². The van der Waals surface area contributed by atoms with Gasteiger partial charge in [0.05, 0.1) is 6.33 Å². The van der Waals surface area contributed by atoms with Gasteiger partial charge in [0, 0.05) is 31.3 Å². The van der Waals surface area contributed by atoms with Gasteiger partial charge in [0.15, 0.2) is 0 Å². The molecule has 4 aromatic rings. The average Bonchev–Trinajstić information content (AvgIpc) is 3.49. The van der Waals surface area contributed by atoms with Gasteiger partial charge >= 0.3 is 6.09 Å². The van der Waals surface area contributed by atoms with Crippen LogP contribution in [0.15, 0.2) is 85.3 Å². The van der Waals surface area contributed by atoms with Gasteiger partial charge in [0.2, 0.25) is 11.8 Å². The zero-order valence-electron chi connectivity index (χ0n) is 23.4. The summed E-state index contributed by atoms with van der Waals surface area (Å²) in [6, 6.07) is 21.2. The summed E-state index contributed by atoms with van der Waals surface area (Å²) in [5.41, 5.74) is 2.42. The topological polar surface area (TPSA) is 125 Å². The van der Waals surface area contributed by atoms with Gasteiger partial charge in [-0.05, 0) is 34.2 Å². The van der Waals surface area contributed by atoms with Crippen molar-refractivity contribution in [2.24, 2.45) is 5.92 Å². The van der Waals surface area contributed by atoms with E-state index in [4.69, 9.17) is 4.74 Å². The average molecular weight is 556 g/mol. The predicted molar refractivity (Wildman–Crippen MR) is 158 cm³/mol. The molecular formula is C32H37N5O4. The summed E-state index contributed by atoms with van der Waals surface area (Å²) in [6.45, 7) is 4.72. The first-order valence-corrected chi connectivity index (χ1v) is 13.9. The first-order chi connectivity index (χ1) is 19.9. The molecule has 0 aliphatic carbocycles. The van der Waals surface area contributed by atoms with Gasteiger partial charge < -0.3 is 25.7 Å². The highest BCUT2D eigenvalue weighted by molar-refractivity contribution is 5.92. The Morgan fingerprint density at radius 1 is 0.854 bits per heavy atom. The predicted octanol–water partition coefficient (Wildman–Crippen LogP) is 4.29. The first kappa shape index (κ1) is 29.3. The quantitative estimate of drug-likeness (QED) is 0.196. The lowest BCUT2D eigenvalue weighted by atomic mass is 9.98. The van der Waals surface area contributed by atoms with Crippen molar-refractivity contribution in [2.45, 2.75) is 51.8 Å². The van der Waals surface area contributed by atoms with E-state index in [2.05, 4.69) is 39.8 Å². The molecule has 0 saturated heterocycles. The molecule has 214 valence electrons. The number of fused-ring (bicyclic) bond motifs is 1. The number of H-pyrrole nitrogens is 1. The minimum absolute atomic E-state index is 0.0655. The van der Waals surface area contributed by atoms with Gasteiger partial charge in [-0.2, -0.15) is 0 Å². The van der Waals surface area contributed by atoms with Crippen LogP contribution in [-0.4, -0.2) is 46.5 Å². The molecule has 4 N–H and O–H groups in total. The molecule has 41 heavy (non-hydrogen) atoms. The van der Waals surface area contributed by atoms with E-state index < -0.39 is 24.1 Å². The maximum Gasteiger partial charge on any atom is 0.408 e. The number of carbonyl (C=O) groups is 3. The van der Waals surface area contributed by atoms with Crippen molar-refractivity contribution < 1.29 is 19.1 Å². The van der Waals surface area contributed by atoms with Gasteiger partial charge in [0.25, 0.3) is 0 Å². The second kappa shape index (κ2) is 14.6. The maximum absolute atomic E-state index is 13.7. The standard InChI is InChI=1S/C32H37N5O4/c1-22(2)15-16-34-30(38)29(18-26-19-33-21-35-26)36-31(39)28(37-32(40)41-20-23-9-4-3-5-10-23)17-25-13-8-12-24-11-6-7-14-27(24)25/h3-14,19,21-22,28-29H,15-18,20H2,1-2H3,(H,33,35)(H,34,38)(H,36,39)(H,37,40)/t28-,29?/m1/s1. The van der Waals surface area contributed by atoms with Crippen LogP contribution in [0.2, 0.25) is 0 Å². The van der Waals surface area contributed by atoms with Crippen molar-refractivity contribution in [3.8, 4) is 0 Å². The molecule has 1 heterocycles. The van der Waals surface area contributed by atoms with Crippen LogP contribution >= 0.6 is 0 Å². The Labute approximate surface area is 240 Å². The fourth-order valence-corrected chi connectivity index (χ4v) is 4.51. The van der Waals surface area contributed by atoms with Crippen molar-refractivity contribution in [3.05, 3.63) is 102 Å². The summed E-state index contributed by atoms with van der Waals surface area (Å²) in [5.74, 6) is -0.366. The second-order valence-corrected chi connectivity index (χ2v) is 10.4. The summed E-state index contributed by atoms with van der Waals surface area (Å²) in [4.78, 5) is 46.8. The van der Waals surface area contributed by atoms with Crippen LogP contribution in [0.1, 0.15) is 37.1 Å².